The molecule has 0 aromatic heterocycles. The molecule has 2 aliphatic heterocycles. The molecule has 0 amide bonds. The van der Waals surface area contributed by atoms with Crippen molar-refractivity contribution in [2.24, 2.45) is 0 Å². The third-order valence-electron chi connectivity index (χ3n) is 5.69. The summed E-state index contributed by atoms with van der Waals surface area (Å²) in [5, 5.41) is 1.66. The summed E-state index contributed by atoms with van der Waals surface area (Å²) in [5.74, 6) is 0. The van der Waals surface area contributed by atoms with Crippen LogP contribution in [-0.4, -0.2) is 42.0 Å². The highest BCUT2D eigenvalue weighted by Gasteiger charge is 2.56. The molecular formula is C18H30O2Si2. The van der Waals surface area contributed by atoms with Gasteiger partial charge in [0.15, 0.2) is 0 Å². The van der Waals surface area contributed by atoms with Gasteiger partial charge in [0.25, 0.3) is 0 Å². The Hall–Kier alpha value is -0.426. The zero-order chi connectivity index (χ0) is 15.5. The van der Waals surface area contributed by atoms with Gasteiger partial charge in [-0.15, -0.1) is 0 Å². The molecule has 3 rings (SSSR count). The van der Waals surface area contributed by atoms with Gasteiger partial charge in [0.2, 0.25) is 0 Å². The van der Waals surface area contributed by atoms with E-state index in [1.54, 1.807) is 0 Å². The Bertz CT molecular complexity index is 463. The van der Waals surface area contributed by atoms with Crippen molar-refractivity contribution < 1.29 is 9.47 Å². The van der Waals surface area contributed by atoms with Crippen molar-refractivity contribution in [1.29, 1.82) is 0 Å². The third kappa shape index (κ3) is 2.98. The van der Waals surface area contributed by atoms with E-state index in [4.69, 9.17) is 9.47 Å². The number of hydrogen-bond donors (Lipinski definition) is 0. The second-order valence-electron chi connectivity index (χ2n) is 7.31. The number of hydrogen-bond acceptors (Lipinski definition) is 2. The average Bonchev–Trinajstić information content (AvgIpc) is 2.57. The van der Waals surface area contributed by atoms with Gasteiger partial charge in [0.1, 0.15) is 0 Å². The van der Waals surface area contributed by atoms with Crippen LogP contribution < -0.4 is 5.19 Å². The number of benzene rings is 1. The lowest BCUT2D eigenvalue weighted by molar-refractivity contribution is -0.162. The van der Waals surface area contributed by atoms with Gasteiger partial charge in [-0.1, -0.05) is 48.6 Å². The normalized spacial score (nSPS) is 33.6. The van der Waals surface area contributed by atoms with Gasteiger partial charge < -0.3 is 9.47 Å². The van der Waals surface area contributed by atoms with E-state index in [0.29, 0.717) is 0 Å². The number of ether oxygens (including phenoxy) is 2. The first kappa shape index (κ1) is 16.4. The molecule has 0 N–H and O–H groups in total. The first-order valence-corrected chi connectivity index (χ1v) is 13.3. The van der Waals surface area contributed by atoms with Crippen LogP contribution in [0.4, 0.5) is 0 Å². The Kier molecular flexibility index (Phi) is 5.22. The second-order valence-corrected chi connectivity index (χ2v) is 12.9. The maximum atomic E-state index is 6.65. The van der Waals surface area contributed by atoms with Crippen molar-refractivity contribution in [2.45, 2.75) is 62.1 Å². The van der Waals surface area contributed by atoms with E-state index in [1.807, 2.05) is 0 Å². The topological polar surface area (TPSA) is 18.5 Å². The maximum absolute atomic E-state index is 6.65. The lowest BCUT2D eigenvalue weighted by Gasteiger charge is -2.56. The molecule has 2 atom stereocenters. The van der Waals surface area contributed by atoms with Crippen LogP contribution in [-0.2, 0) is 9.47 Å². The Morgan fingerprint density at radius 3 is 2.14 bits per heavy atom. The fourth-order valence-corrected chi connectivity index (χ4v) is 11.0. The SMILES string of the molecule is C[SiH](C)C1(C2([SiH2]c3ccccc3)CCCCO2)CCCCO1. The van der Waals surface area contributed by atoms with E-state index < -0.39 is 18.3 Å². The largest absolute Gasteiger partial charge is 0.376 e. The van der Waals surface area contributed by atoms with Crippen molar-refractivity contribution in [3.63, 3.8) is 0 Å². The highest BCUT2D eigenvalue weighted by Crippen LogP contribution is 2.44. The van der Waals surface area contributed by atoms with Crippen molar-refractivity contribution in [3.05, 3.63) is 30.3 Å². The lowest BCUT2D eigenvalue weighted by Crippen LogP contribution is -2.70. The minimum Gasteiger partial charge on any atom is -0.376 e. The minimum absolute atomic E-state index is 0.0490. The molecule has 122 valence electrons. The quantitative estimate of drug-likeness (QED) is 0.787. The van der Waals surface area contributed by atoms with E-state index in [-0.39, 0.29) is 10.4 Å². The van der Waals surface area contributed by atoms with Crippen LogP contribution in [0.15, 0.2) is 30.3 Å². The predicted octanol–water partition coefficient (Wildman–Crippen LogP) is 2.34. The molecule has 2 nitrogen and oxygen atoms in total. The summed E-state index contributed by atoms with van der Waals surface area (Å²) in [6.07, 6.45) is 7.54. The minimum atomic E-state index is -0.982. The third-order valence-corrected chi connectivity index (χ3v) is 11.6. The zero-order valence-electron chi connectivity index (χ0n) is 14.1. The molecule has 2 unspecified atom stereocenters. The monoisotopic (exact) mass is 334 g/mol. The van der Waals surface area contributed by atoms with Gasteiger partial charge in [0, 0.05) is 13.2 Å². The van der Waals surface area contributed by atoms with Crippen LogP contribution in [0.25, 0.3) is 0 Å². The molecule has 2 fully saturated rings. The average molecular weight is 335 g/mol. The molecule has 2 heterocycles. The molecule has 22 heavy (non-hydrogen) atoms. The van der Waals surface area contributed by atoms with Gasteiger partial charge in [-0.25, -0.2) is 0 Å². The molecule has 2 aliphatic rings. The summed E-state index contributed by atoms with van der Waals surface area (Å²) in [5.41, 5.74) is 0. The van der Waals surface area contributed by atoms with Gasteiger partial charge in [0.05, 0.1) is 28.8 Å². The van der Waals surface area contributed by atoms with Crippen LogP contribution in [0.1, 0.15) is 38.5 Å². The van der Waals surface area contributed by atoms with Crippen LogP contribution in [0, 0.1) is 0 Å². The van der Waals surface area contributed by atoms with Gasteiger partial charge >= 0.3 is 0 Å². The molecule has 4 heteroatoms. The van der Waals surface area contributed by atoms with E-state index in [9.17, 15) is 0 Å². The van der Waals surface area contributed by atoms with Crippen molar-refractivity contribution in [2.75, 3.05) is 13.2 Å². The summed E-state index contributed by atoms with van der Waals surface area (Å²) < 4.78 is 13.3. The molecule has 1 aromatic carbocycles. The van der Waals surface area contributed by atoms with E-state index in [2.05, 4.69) is 43.4 Å². The zero-order valence-corrected chi connectivity index (χ0v) is 16.7. The number of rotatable bonds is 4. The highest BCUT2D eigenvalue weighted by molar-refractivity contribution is 6.65. The van der Waals surface area contributed by atoms with Crippen LogP contribution in [0.5, 0.6) is 0 Å². The van der Waals surface area contributed by atoms with Crippen LogP contribution >= 0.6 is 0 Å². The maximum Gasteiger partial charge on any atom is 0.0959 e. The first-order chi connectivity index (χ1) is 10.7. The Morgan fingerprint density at radius 2 is 1.59 bits per heavy atom. The van der Waals surface area contributed by atoms with Gasteiger partial charge in [-0.3, -0.25) is 0 Å². The second kappa shape index (κ2) is 6.99. The summed E-state index contributed by atoms with van der Waals surface area (Å²) in [4.78, 5) is 0. The molecule has 2 saturated heterocycles. The summed E-state index contributed by atoms with van der Waals surface area (Å²) in [7, 11) is -1.50. The van der Waals surface area contributed by atoms with Crippen LogP contribution in [0.3, 0.4) is 0 Å². The fourth-order valence-electron chi connectivity index (χ4n) is 4.56. The van der Waals surface area contributed by atoms with Gasteiger partial charge in [-0.05, 0) is 38.5 Å². The summed E-state index contributed by atoms with van der Waals surface area (Å²) >= 11 is 0. The standard InChI is InChI=1S/C18H30O2Si2/c1-22(2)18(13-7-9-15-20-18)17(12-6-8-14-19-17)21-16-10-4-3-5-11-16/h3-5,10-11,22H,6-9,12-15,21H2,1-2H3. The summed E-state index contributed by atoms with van der Waals surface area (Å²) in [6.45, 7) is 6.83. The Morgan fingerprint density at radius 1 is 0.909 bits per heavy atom. The highest BCUT2D eigenvalue weighted by atomic mass is 28.3. The molecule has 0 saturated carbocycles. The van der Waals surface area contributed by atoms with E-state index in [0.717, 1.165) is 13.2 Å². The predicted molar refractivity (Wildman–Crippen MR) is 98.6 cm³/mol. The fraction of sp³-hybridized carbons (Fsp3) is 0.667. The van der Waals surface area contributed by atoms with E-state index in [1.165, 1.54) is 43.7 Å². The Labute approximate surface area is 139 Å². The molecule has 0 bridgehead atoms. The molecule has 0 radical (unpaired) electrons. The smallest absolute Gasteiger partial charge is 0.0959 e. The van der Waals surface area contributed by atoms with Gasteiger partial charge in [-0.2, -0.15) is 0 Å². The van der Waals surface area contributed by atoms with Crippen molar-refractivity contribution in [1.82, 2.24) is 0 Å². The first-order valence-electron chi connectivity index (χ1n) is 9.00. The molecule has 0 aliphatic carbocycles. The molecular weight excluding hydrogens is 304 g/mol. The lowest BCUT2D eigenvalue weighted by atomic mass is 9.96. The van der Waals surface area contributed by atoms with Crippen molar-refractivity contribution in [3.8, 4) is 0 Å². The Balaban J connectivity index is 1.96. The summed E-state index contributed by atoms with van der Waals surface area (Å²) in [6, 6.07) is 11.1. The molecule has 0 spiro atoms. The molecule has 1 aromatic rings. The van der Waals surface area contributed by atoms with E-state index >= 15 is 0 Å². The van der Waals surface area contributed by atoms with Crippen molar-refractivity contribution >= 4 is 23.5 Å². The van der Waals surface area contributed by atoms with Crippen LogP contribution in [0.2, 0.25) is 13.1 Å².